The Bertz CT molecular complexity index is 697. The lowest BCUT2D eigenvalue weighted by Crippen LogP contribution is -2.24. The van der Waals surface area contributed by atoms with E-state index in [0.29, 0.717) is 12.1 Å². The molecule has 1 fully saturated rings. The first-order valence-electron chi connectivity index (χ1n) is 8.35. The molecular formula is C19H23N3O2. The molecule has 5 nitrogen and oxygen atoms in total. The summed E-state index contributed by atoms with van der Waals surface area (Å²) in [4.78, 5) is 16.5. The molecule has 24 heavy (non-hydrogen) atoms. The van der Waals surface area contributed by atoms with Gasteiger partial charge < -0.3 is 15.4 Å². The number of aromatic nitrogens is 1. The van der Waals surface area contributed by atoms with E-state index >= 15 is 0 Å². The smallest absolute Gasteiger partial charge is 0.253 e. The Labute approximate surface area is 142 Å². The summed E-state index contributed by atoms with van der Waals surface area (Å²) in [6.07, 6.45) is 5.77. The topological polar surface area (TPSA) is 63.2 Å². The van der Waals surface area contributed by atoms with Crippen molar-refractivity contribution in [2.24, 2.45) is 0 Å². The number of aryl methyl sites for hydroxylation is 1. The van der Waals surface area contributed by atoms with Crippen LogP contribution in [0.15, 0.2) is 42.7 Å². The molecule has 0 bridgehead atoms. The van der Waals surface area contributed by atoms with Gasteiger partial charge in [0.1, 0.15) is 0 Å². The molecule has 1 aliphatic rings. The summed E-state index contributed by atoms with van der Waals surface area (Å²) in [6.45, 7) is 4.14. The van der Waals surface area contributed by atoms with E-state index in [9.17, 15) is 4.79 Å². The maximum atomic E-state index is 12.3. The van der Waals surface area contributed by atoms with E-state index < -0.39 is 0 Å². The third-order valence-corrected chi connectivity index (χ3v) is 4.26. The number of ether oxygens (including phenoxy) is 1. The highest BCUT2D eigenvalue weighted by atomic mass is 16.5. The minimum Gasteiger partial charge on any atom is -0.381 e. The summed E-state index contributed by atoms with van der Waals surface area (Å²) in [5.74, 6) is -0.119. The van der Waals surface area contributed by atoms with E-state index in [1.807, 2.05) is 37.3 Å². The molecule has 1 aromatic heterocycles. The molecule has 2 heterocycles. The van der Waals surface area contributed by atoms with Gasteiger partial charge in [-0.15, -0.1) is 0 Å². The normalized spacial score (nSPS) is 16.8. The van der Waals surface area contributed by atoms with E-state index in [0.717, 1.165) is 37.2 Å². The summed E-state index contributed by atoms with van der Waals surface area (Å²) in [5.41, 5.74) is 3.68. The number of nitrogens with one attached hydrogen (secondary N) is 2. The second-order valence-corrected chi connectivity index (χ2v) is 6.09. The fourth-order valence-corrected chi connectivity index (χ4v) is 2.78. The van der Waals surface area contributed by atoms with Crippen molar-refractivity contribution in [2.75, 3.05) is 18.5 Å². The van der Waals surface area contributed by atoms with Gasteiger partial charge in [0.15, 0.2) is 0 Å². The first-order valence-corrected chi connectivity index (χ1v) is 8.35. The first-order chi connectivity index (χ1) is 11.7. The van der Waals surface area contributed by atoms with Gasteiger partial charge in [0.05, 0.1) is 17.4 Å². The fraction of sp³-hybridized carbons (Fsp3) is 0.368. The van der Waals surface area contributed by atoms with Crippen LogP contribution in [0.1, 0.15) is 34.3 Å². The van der Waals surface area contributed by atoms with Gasteiger partial charge in [-0.05, 0) is 37.0 Å². The third kappa shape index (κ3) is 4.32. The zero-order valence-corrected chi connectivity index (χ0v) is 13.9. The molecule has 5 heteroatoms. The van der Waals surface area contributed by atoms with Crippen molar-refractivity contribution in [1.29, 1.82) is 0 Å². The van der Waals surface area contributed by atoms with Gasteiger partial charge in [0.2, 0.25) is 0 Å². The molecule has 0 saturated carbocycles. The monoisotopic (exact) mass is 325 g/mol. The van der Waals surface area contributed by atoms with E-state index in [2.05, 4.69) is 15.6 Å². The molecule has 0 aliphatic carbocycles. The number of pyridine rings is 1. The van der Waals surface area contributed by atoms with Gasteiger partial charge in [-0.3, -0.25) is 9.78 Å². The Morgan fingerprint density at radius 2 is 2.21 bits per heavy atom. The lowest BCUT2D eigenvalue weighted by atomic mass is 10.1. The average Bonchev–Trinajstić information content (AvgIpc) is 3.13. The molecule has 1 atom stereocenters. The number of nitrogens with zero attached hydrogens (tertiary/aromatic N) is 1. The van der Waals surface area contributed by atoms with Crippen LogP contribution < -0.4 is 10.6 Å². The Morgan fingerprint density at radius 1 is 1.33 bits per heavy atom. The molecular weight excluding hydrogens is 302 g/mol. The second-order valence-electron chi connectivity index (χ2n) is 6.09. The summed E-state index contributed by atoms with van der Waals surface area (Å²) < 4.78 is 5.59. The third-order valence-electron chi connectivity index (χ3n) is 4.26. The number of amides is 1. The van der Waals surface area contributed by atoms with E-state index in [-0.39, 0.29) is 12.0 Å². The highest BCUT2D eigenvalue weighted by Crippen LogP contribution is 2.14. The molecule has 126 valence electrons. The van der Waals surface area contributed by atoms with Crippen LogP contribution in [0.4, 0.5) is 5.69 Å². The number of anilines is 1. The number of hydrogen-bond donors (Lipinski definition) is 2. The minimum absolute atomic E-state index is 0.119. The van der Waals surface area contributed by atoms with Crippen LogP contribution in [0.2, 0.25) is 0 Å². The minimum atomic E-state index is -0.119. The molecule has 2 N–H and O–H groups in total. The number of carbonyl (C=O) groups excluding carboxylic acids is 1. The van der Waals surface area contributed by atoms with Crippen molar-refractivity contribution in [3.63, 3.8) is 0 Å². The van der Waals surface area contributed by atoms with Crippen molar-refractivity contribution < 1.29 is 9.53 Å². The maximum absolute atomic E-state index is 12.3. The van der Waals surface area contributed by atoms with Crippen LogP contribution in [-0.2, 0) is 11.3 Å². The van der Waals surface area contributed by atoms with Crippen LogP contribution in [0.5, 0.6) is 0 Å². The Morgan fingerprint density at radius 3 is 3.00 bits per heavy atom. The average molecular weight is 325 g/mol. The van der Waals surface area contributed by atoms with Crippen LogP contribution in [-0.4, -0.2) is 30.1 Å². The predicted molar refractivity (Wildman–Crippen MR) is 94.0 cm³/mol. The highest BCUT2D eigenvalue weighted by Gasteiger charge is 2.15. The maximum Gasteiger partial charge on any atom is 0.253 e. The van der Waals surface area contributed by atoms with E-state index in [4.69, 9.17) is 4.74 Å². The fourth-order valence-electron chi connectivity index (χ4n) is 2.78. The SMILES string of the molecule is Cc1ccccc1CNC(=O)c1cncc(NCC2CCCO2)c1. The standard InChI is InChI=1S/C19H23N3O2/c1-14-5-2-3-6-15(14)11-22-19(23)16-9-17(12-20-10-16)21-13-18-7-4-8-24-18/h2-3,5-6,9-10,12,18,21H,4,7-8,11,13H2,1H3,(H,22,23). The number of rotatable bonds is 6. The van der Waals surface area contributed by atoms with Crippen molar-refractivity contribution in [1.82, 2.24) is 10.3 Å². The van der Waals surface area contributed by atoms with Gasteiger partial charge in [-0.2, -0.15) is 0 Å². The van der Waals surface area contributed by atoms with E-state index in [1.54, 1.807) is 12.4 Å². The summed E-state index contributed by atoms with van der Waals surface area (Å²) in [5, 5.41) is 6.25. The molecule has 1 aromatic carbocycles. The predicted octanol–water partition coefficient (Wildman–Crippen LogP) is 2.91. The zero-order chi connectivity index (χ0) is 16.8. The van der Waals surface area contributed by atoms with Gasteiger partial charge >= 0.3 is 0 Å². The second kappa shape index (κ2) is 7.93. The quantitative estimate of drug-likeness (QED) is 0.857. The Kier molecular flexibility index (Phi) is 5.43. The van der Waals surface area contributed by atoms with Gasteiger partial charge in [-0.25, -0.2) is 0 Å². The lowest BCUT2D eigenvalue weighted by molar-refractivity contribution is 0.0950. The Hall–Kier alpha value is -2.40. The molecule has 1 aliphatic heterocycles. The number of carbonyl (C=O) groups is 1. The molecule has 0 spiro atoms. The van der Waals surface area contributed by atoms with Crippen molar-refractivity contribution >= 4 is 11.6 Å². The van der Waals surface area contributed by atoms with Crippen LogP contribution in [0.3, 0.4) is 0 Å². The van der Waals surface area contributed by atoms with Gasteiger partial charge in [-0.1, -0.05) is 24.3 Å². The van der Waals surface area contributed by atoms with Crippen LogP contribution >= 0.6 is 0 Å². The van der Waals surface area contributed by atoms with Crippen molar-refractivity contribution in [2.45, 2.75) is 32.4 Å². The Balaban J connectivity index is 1.56. The summed E-state index contributed by atoms with van der Waals surface area (Å²) >= 11 is 0. The number of benzene rings is 1. The molecule has 3 rings (SSSR count). The van der Waals surface area contributed by atoms with Gasteiger partial charge in [0, 0.05) is 32.1 Å². The molecule has 1 saturated heterocycles. The largest absolute Gasteiger partial charge is 0.381 e. The van der Waals surface area contributed by atoms with E-state index in [1.165, 1.54) is 5.56 Å². The number of hydrogen-bond acceptors (Lipinski definition) is 4. The zero-order valence-electron chi connectivity index (χ0n) is 13.9. The van der Waals surface area contributed by atoms with Crippen molar-refractivity contribution in [3.8, 4) is 0 Å². The molecule has 2 aromatic rings. The first kappa shape index (κ1) is 16.5. The van der Waals surface area contributed by atoms with Crippen molar-refractivity contribution in [3.05, 3.63) is 59.4 Å². The summed E-state index contributed by atoms with van der Waals surface area (Å²) in [7, 11) is 0. The van der Waals surface area contributed by atoms with Crippen LogP contribution in [0.25, 0.3) is 0 Å². The molecule has 1 amide bonds. The summed E-state index contributed by atoms with van der Waals surface area (Å²) in [6, 6.07) is 9.86. The lowest BCUT2D eigenvalue weighted by Gasteiger charge is -2.12. The molecule has 1 unspecified atom stereocenters. The molecule has 0 radical (unpaired) electrons. The highest BCUT2D eigenvalue weighted by molar-refractivity contribution is 5.94. The van der Waals surface area contributed by atoms with Gasteiger partial charge in [0.25, 0.3) is 5.91 Å². The van der Waals surface area contributed by atoms with Crippen LogP contribution in [0, 0.1) is 6.92 Å².